The second-order valence-electron chi connectivity index (χ2n) is 8.32. The number of hydrogen-bond acceptors (Lipinski definition) is 13. The van der Waals surface area contributed by atoms with Gasteiger partial charge in [0.25, 0.3) is 5.56 Å². The third-order valence-electron chi connectivity index (χ3n) is 5.21. The Morgan fingerprint density at radius 3 is 1.97 bits per heavy atom. The molecular formula is C24H26N4O11. The quantitative estimate of drug-likeness (QED) is 0.273. The van der Waals surface area contributed by atoms with E-state index in [1.807, 2.05) is 0 Å². The van der Waals surface area contributed by atoms with Crippen molar-refractivity contribution in [2.75, 3.05) is 6.61 Å². The van der Waals surface area contributed by atoms with Gasteiger partial charge in [-0.15, -0.1) is 10.2 Å². The minimum Gasteiger partial charge on any atom is -0.462 e. The number of fused-ring (bicyclic) bond motifs is 3. The monoisotopic (exact) mass is 546 g/mol. The molecule has 2 aromatic heterocycles. The Balaban J connectivity index is 2.29. The summed E-state index contributed by atoms with van der Waals surface area (Å²) in [6.07, 6.45) is -6.50. The summed E-state index contributed by atoms with van der Waals surface area (Å²) in [5.41, 5.74) is -0.151. The predicted molar refractivity (Wildman–Crippen MR) is 129 cm³/mol. The average molecular weight is 546 g/mol. The first kappa shape index (κ1) is 28.7. The van der Waals surface area contributed by atoms with Crippen LogP contribution in [0.5, 0.6) is 0 Å². The van der Waals surface area contributed by atoms with E-state index in [9.17, 15) is 28.8 Å². The Hall–Kier alpha value is -4.82. The number of hydrogen-bond donors (Lipinski definition) is 1. The highest BCUT2D eigenvalue weighted by Gasteiger charge is 2.46. The van der Waals surface area contributed by atoms with Gasteiger partial charge >= 0.3 is 29.8 Å². The number of rotatable bonds is 10. The third-order valence-corrected chi connectivity index (χ3v) is 5.21. The summed E-state index contributed by atoms with van der Waals surface area (Å²) in [7, 11) is 0. The van der Waals surface area contributed by atoms with E-state index in [2.05, 4.69) is 15.2 Å². The van der Waals surface area contributed by atoms with Crippen molar-refractivity contribution >= 4 is 46.5 Å². The van der Waals surface area contributed by atoms with E-state index in [0.29, 0.717) is 5.52 Å². The molecule has 39 heavy (non-hydrogen) atoms. The zero-order valence-electron chi connectivity index (χ0n) is 21.7. The van der Waals surface area contributed by atoms with Crippen molar-refractivity contribution < 1.29 is 47.7 Å². The van der Waals surface area contributed by atoms with Crippen molar-refractivity contribution in [2.45, 2.75) is 59.0 Å². The number of carbonyl (C=O) groups excluding carboxylic acids is 5. The average Bonchev–Trinajstić information content (AvgIpc) is 3.25. The van der Waals surface area contributed by atoms with Gasteiger partial charge in [0, 0.05) is 34.6 Å². The van der Waals surface area contributed by atoms with E-state index in [0.717, 1.165) is 34.6 Å². The Kier molecular flexibility index (Phi) is 8.96. The van der Waals surface area contributed by atoms with Crippen LogP contribution in [0.4, 0.5) is 0 Å². The first-order chi connectivity index (χ1) is 18.4. The van der Waals surface area contributed by atoms with Crippen molar-refractivity contribution in [1.29, 1.82) is 0 Å². The minimum absolute atomic E-state index is 0.0343. The highest BCUT2D eigenvalue weighted by Crippen LogP contribution is 2.30. The van der Waals surface area contributed by atoms with Crippen LogP contribution >= 0.6 is 0 Å². The maximum Gasteiger partial charge on any atom is 0.303 e. The van der Waals surface area contributed by atoms with Crippen molar-refractivity contribution in [1.82, 2.24) is 19.6 Å². The van der Waals surface area contributed by atoms with Gasteiger partial charge in [-0.3, -0.25) is 38.2 Å². The van der Waals surface area contributed by atoms with Crippen LogP contribution in [-0.4, -0.2) is 74.3 Å². The summed E-state index contributed by atoms with van der Waals surface area (Å²) in [6, 6.07) is 6.41. The maximum atomic E-state index is 12.5. The number of nitrogens with one attached hydrogen (secondary N) is 1. The number of esters is 5. The molecule has 3 rings (SSSR count). The molecule has 0 saturated carbocycles. The number of H-pyrrole nitrogens is 1. The van der Waals surface area contributed by atoms with E-state index in [1.54, 1.807) is 24.3 Å². The van der Waals surface area contributed by atoms with Crippen molar-refractivity contribution in [3.05, 3.63) is 40.4 Å². The van der Waals surface area contributed by atoms with Gasteiger partial charge in [0.05, 0.1) is 10.9 Å². The first-order valence-corrected chi connectivity index (χ1v) is 11.6. The topological polar surface area (TPSA) is 195 Å². The highest BCUT2D eigenvalue weighted by molar-refractivity contribution is 5.80. The van der Waals surface area contributed by atoms with Crippen LogP contribution in [0.1, 0.15) is 46.5 Å². The van der Waals surface area contributed by atoms with Gasteiger partial charge in [-0.05, 0) is 12.1 Å². The number of benzene rings is 1. The number of aromatic nitrogens is 4. The summed E-state index contributed by atoms with van der Waals surface area (Å²) < 4.78 is 28.0. The highest BCUT2D eigenvalue weighted by atomic mass is 16.6. The van der Waals surface area contributed by atoms with Gasteiger partial charge in [0.2, 0.25) is 11.9 Å². The van der Waals surface area contributed by atoms with Gasteiger partial charge in [-0.25, -0.2) is 0 Å². The molecular weight excluding hydrogens is 520 g/mol. The van der Waals surface area contributed by atoms with Gasteiger partial charge in [-0.1, -0.05) is 12.1 Å². The van der Waals surface area contributed by atoms with Gasteiger partial charge < -0.3 is 23.7 Å². The molecule has 2 heterocycles. The molecule has 15 nitrogen and oxygen atoms in total. The second-order valence-corrected chi connectivity index (χ2v) is 8.32. The molecule has 208 valence electrons. The number of para-hydroxylation sites is 1. The summed E-state index contributed by atoms with van der Waals surface area (Å²) >= 11 is 0. The Labute approximate surface area is 220 Å². The predicted octanol–water partition coefficient (Wildman–Crippen LogP) is 0.533. The molecule has 0 aliphatic rings. The lowest BCUT2D eigenvalue weighted by atomic mass is 10.0. The zero-order chi connectivity index (χ0) is 28.9. The summed E-state index contributed by atoms with van der Waals surface area (Å²) in [6.45, 7) is 4.72. The molecule has 4 atom stereocenters. The lowest BCUT2D eigenvalue weighted by molar-refractivity contribution is -0.204. The van der Waals surface area contributed by atoms with Crippen LogP contribution in [0.15, 0.2) is 29.1 Å². The van der Waals surface area contributed by atoms with Gasteiger partial charge in [-0.2, -0.15) is 0 Å². The second kappa shape index (κ2) is 12.1. The first-order valence-electron chi connectivity index (χ1n) is 11.6. The van der Waals surface area contributed by atoms with Crippen molar-refractivity contribution in [2.24, 2.45) is 0 Å². The Bertz CT molecular complexity index is 1480. The SMILES string of the molecule is CC(=O)OC[C@@H](OC(C)=O)[C@H](OC(C)=O)[C@H](OC(C)=O)[C@@H](OC(C)=O)c1nnc2[nH]c(=O)c3ccccc3n12. The molecule has 0 unspecified atom stereocenters. The normalized spacial score (nSPS) is 14.1. The molecule has 0 aliphatic heterocycles. The van der Waals surface area contributed by atoms with Crippen molar-refractivity contribution in [3.8, 4) is 0 Å². The Morgan fingerprint density at radius 1 is 0.795 bits per heavy atom. The molecule has 1 N–H and O–H groups in total. The molecule has 1 aromatic carbocycles. The third kappa shape index (κ3) is 6.94. The van der Waals surface area contributed by atoms with Crippen LogP contribution < -0.4 is 5.56 Å². The van der Waals surface area contributed by atoms with Crippen molar-refractivity contribution in [3.63, 3.8) is 0 Å². The molecule has 0 aliphatic carbocycles. The molecule has 0 spiro atoms. The number of nitrogens with zero attached hydrogens (tertiary/aromatic N) is 3. The lowest BCUT2D eigenvalue weighted by Gasteiger charge is -2.34. The molecule has 0 amide bonds. The smallest absolute Gasteiger partial charge is 0.303 e. The van der Waals surface area contributed by atoms with Crippen LogP contribution in [0.3, 0.4) is 0 Å². The van der Waals surface area contributed by atoms with E-state index in [4.69, 9.17) is 23.7 Å². The molecule has 0 saturated heterocycles. The molecule has 0 bridgehead atoms. The molecule has 3 aromatic rings. The summed E-state index contributed by atoms with van der Waals surface area (Å²) in [4.78, 5) is 75.2. The maximum absolute atomic E-state index is 12.5. The standard InChI is InChI=1S/C24H26N4O11/c1-11(29)35-10-18(36-12(2)30)19(37-13(3)31)20(38-14(4)32)21(39-15(5)33)22-26-27-24-25-23(34)16-8-6-7-9-17(16)28(22)24/h6-9,18-21H,10H2,1-5H3,(H,25,27,34)/t18-,19+,20+,21-/m1/s1. The van der Waals surface area contributed by atoms with E-state index < -0.39 is 66.4 Å². The van der Waals surface area contributed by atoms with E-state index >= 15 is 0 Å². The number of ether oxygens (including phenoxy) is 5. The van der Waals surface area contributed by atoms with Gasteiger partial charge in [0.1, 0.15) is 6.61 Å². The van der Waals surface area contributed by atoms with Gasteiger partial charge in [0.15, 0.2) is 24.1 Å². The Morgan fingerprint density at radius 2 is 1.38 bits per heavy atom. The zero-order valence-corrected chi connectivity index (χ0v) is 21.7. The fraction of sp³-hybridized carbons (Fsp3) is 0.417. The van der Waals surface area contributed by atoms with Crippen LogP contribution in [0, 0.1) is 0 Å². The fourth-order valence-corrected chi connectivity index (χ4v) is 3.92. The molecule has 0 fully saturated rings. The van der Waals surface area contributed by atoms with Crippen LogP contribution in [0.25, 0.3) is 16.7 Å². The molecule has 15 heteroatoms. The van der Waals surface area contributed by atoms with Crippen LogP contribution in [0.2, 0.25) is 0 Å². The lowest BCUT2D eigenvalue weighted by Crippen LogP contribution is -2.50. The minimum atomic E-state index is -1.70. The number of carbonyl (C=O) groups is 5. The largest absolute Gasteiger partial charge is 0.462 e. The van der Waals surface area contributed by atoms with E-state index in [-0.39, 0.29) is 17.0 Å². The number of aromatic amines is 1. The van der Waals surface area contributed by atoms with E-state index in [1.165, 1.54) is 4.40 Å². The summed E-state index contributed by atoms with van der Waals surface area (Å²) in [5, 5.41) is 8.26. The molecule has 0 radical (unpaired) electrons. The summed E-state index contributed by atoms with van der Waals surface area (Å²) in [5.74, 6) is -4.39. The fourth-order valence-electron chi connectivity index (χ4n) is 3.92. The van der Waals surface area contributed by atoms with Crippen LogP contribution in [-0.2, 0) is 47.7 Å².